The fourth-order valence-electron chi connectivity index (χ4n) is 9.62. The third kappa shape index (κ3) is 61.8. The number of ether oxygens (including phenoxy) is 3. The third-order valence-corrected chi connectivity index (χ3v) is 14.5. The summed E-state index contributed by atoms with van der Waals surface area (Å²) in [5.41, 5.74) is 0. The first kappa shape index (κ1) is 72.1. The van der Waals surface area contributed by atoms with Crippen LogP contribution >= 0.6 is 0 Å². The van der Waals surface area contributed by atoms with Crippen LogP contribution in [0.5, 0.6) is 0 Å². The molecule has 0 aliphatic heterocycles. The molecule has 0 bridgehead atoms. The van der Waals surface area contributed by atoms with E-state index >= 15 is 0 Å². The summed E-state index contributed by atoms with van der Waals surface area (Å²) in [6.45, 7) is 6.49. The van der Waals surface area contributed by atoms with E-state index in [1.165, 1.54) is 205 Å². The van der Waals surface area contributed by atoms with Crippen LogP contribution < -0.4 is 0 Å². The number of unbranched alkanes of at least 4 members (excludes halogenated alkanes) is 39. The zero-order valence-corrected chi connectivity index (χ0v) is 50.1. The molecule has 1 atom stereocenters. The van der Waals surface area contributed by atoms with E-state index in [1.54, 1.807) is 0 Å². The average Bonchev–Trinajstić information content (AvgIpc) is 3.41. The summed E-state index contributed by atoms with van der Waals surface area (Å²) in [4.78, 5) is 38.1. The van der Waals surface area contributed by atoms with Gasteiger partial charge >= 0.3 is 17.9 Å². The van der Waals surface area contributed by atoms with Gasteiger partial charge in [0.25, 0.3) is 0 Å². The highest BCUT2D eigenvalue weighted by Gasteiger charge is 2.19. The molecule has 0 heterocycles. The van der Waals surface area contributed by atoms with Crippen molar-refractivity contribution in [3.05, 3.63) is 60.8 Å². The number of allylic oxidation sites excluding steroid dienone is 10. The maximum absolute atomic E-state index is 12.8. The van der Waals surface area contributed by atoms with Gasteiger partial charge in [0.2, 0.25) is 0 Å². The van der Waals surface area contributed by atoms with Gasteiger partial charge in [-0.1, -0.05) is 306 Å². The number of carbonyl (C=O) groups excluding carboxylic acids is 3. The van der Waals surface area contributed by atoms with E-state index in [4.69, 9.17) is 14.2 Å². The topological polar surface area (TPSA) is 78.9 Å². The van der Waals surface area contributed by atoms with Gasteiger partial charge in [-0.05, 0) is 77.0 Å². The molecular formula is C69H124O6. The molecule has 0 fully saturated rings. The predicted molar refractivity (Wildman–Crippen MR) is 325 cm³/mol. The molecule has 6 nitrogen and oxygen atoms in total. The van der Waals surface area contributed by atoms with Gasteiger partial charge in [-0.2, -0.15) is 0 Å². The summed E-state index contributed by atoms with van der Waals surface area (Å²) < 4.78 is 16.9. The fourth-order valence-corrected chi connectivity index (χ4v) is 9.62. The van der Waals surface area contributed by atoms with Crippen LogP contribution in [0.15, 0.2) is 60.8 Å². The molecule has 0 aliphatic carbocycles. The van der Waals surface area contributed by atoms with Crippen molar-refractivity contribution < 1.29 is 28.6 Å². The van der Waals surface area contributed by atoms with Gasteiger partial charge in [0.15, 0.2) is 6.10 Å². The molecule has 0 aromatic rings. The first-order valence-electron chi connectivity index (χ1n) is 32.8. The summed E-state index contributed by atoms with van der Waals surface area (Å²) in [5.74, 6) is -0.864. The molecule has 436 valence electrons. The van der Waals surface area contributed by atoms with Crippen molar-refractivity contribution in [1.82, 2.24) is 0 Å². The van der Waals surface area contributed by atoms with Gasteiger partial charge in [-0.15, -0.1) is 0 Å². The Hall–Kier alpha value is -2.89. The normalized spacial score (nSPS) is 12.4. The Labute approximate surface area is 466 Å². The van der Waals surface area contributed by atoms with E-state index in [9.17, 15) is 14.4 Å². The van der Waals surface area contributed by atoms with Crippen molar-refractivity contribution in [3.63, 3.8) is 0 Å². The standard InChI is InChI=1S/C69H124O6/c1-4-7-10-13-16-19-22-24-25-26-27-28-29-30-31-32-33-34-35-36-37-38-39-40-41-42-43-44-45-46-48-50-53-56-59-62-68(71)74-65-66(64-73-67(70)61-58-55-52-49-21-18-15-12-9-6-3)75-69(72)63-60-57-54-51-47-23-20-17-14-11-8-5-2/h7,10,12,15-16,19,24-25,27-28,66H,4-6,8-9,11,13-14,17-18,20-23,26,29-65H2,1-3H3/b10-7-,15-12-,19-16-,25-24-,28-27-. The third-order valence-electron chi connectivity index (χ3n) is 14.5. The number of carbonyl (C=O) groups is 3. The molecule has 0 saturated heterocycles. The first-order valence-corrected chi connectivity index (χ1v) is 32.8. The van der Waals surface area contributed by atoms with Crippen molar-refractivity contribution in [2.45, 2.75) is 348 Å². The van der Waals surface area contributed by atoms with Crippen LogP contribution in [0.3, 0.4) is 0 Å². The Balaban J connectivity index is 3.96. The molecule has 0 rings (SSSR count). The smallest absolute Gasteiger partial charge is 0.306 e. The van der Waals surface area contributed by atoms with Crippen molar-refractivity contribution in [2.24, 2.45) is 0 Å². The molecule has 6 heteroatoms. The molecule has 75 heavy (non-hydrogen) atoms. The average molecular weight is 1050 g/mol. The van der Waals surface area contributed by atoms with Crippen LogP contribution in [0.4, 0.5) is 0 Å². The Morgan fingerprint density at radius 1 is 0.280 bits per heavy atom. The Morgan fingerprint density at radius 2 is 0.547 bits per heavy atom. The van der Waals surface area contributed by atoms with Gasteiger partial charge < -0.3 is 14.2 Å². The molecule has 0 N–H and O–H groups in total. The largest absolute Gasteiger partial charge is 0.462 e. The van der Waals surface area contributed by atoms with E-state index in [-0.39, 0.29) is 31.1 Å². The predicted octanol–water partition coefficient (Wildman–Crippen LogP) is 22.3. The van der Waals surface area contributed by atoms with Crippen LogP contribution in [-0.4, -0.2) is 37.2 Å². The highest BCUT2D eigenvalue weighted by atomic mass is 16.6. The van der Waals surface area contributed by atoms with Gasteiger partial charge in [0, 0.05) is 19.3 Å². The van der Waals surface area contributed by atoms with Crippen LogP contribution in [-0.2, 0) is 28.6 Å². The van der Waals surface area contributed by atoms with Gasteiger partial charge in [-0.25, -0.2) is 0 Å². The quantitative estimate of drug-likeness (QED) is 0.0261. The highest BCUT2D eigenvalue weighted by molar-refractivity contribution is 5.71. The zero-order valence-electron chi connectivity index (χ0n) is 50.1. The second-order valence-corrected chi connectivity index (χ2v) is 22.0. The number of hydrogen-bond acceptors (Lipinski definition) is 6. The lowest BCUT2D eigenvalue weighted by Gasteiger charge is -2.18. The lowest BCUT2D eigenvalue weighted by molar-refractivity contribution is -0.167. The fraction of sp³-hybridized carbons (Fsp3) is 0.812. The minimum atomic E-state index is -0.771. The van der Waals surface area contributed by atoms with Gasteiger partial charge in [-0.3, -0.25) is 14.4 Å². The molecule has 0 aliphatic rings. The number of hydrogen-bond donors (Lipinski definition) is 0. The van der Waals surface area contributed by atoms with Crippen LogP contribution in [0, 0.1) is 0 Å². The molecule has 0 spiro atoms. The van der Waals surface area contributed by atoms with Gasteiger partial charge in [0.1, 0.15) is 13.2 Å². The van der Waals surface area contributed by atoms with E-state index in [0.29, 0.717) is 19.3 Å². The summed E-state index contributed by atoms with van der Waals surface area (Å²) in [7, 11) is 0. The molecule has 0 amide bonds. The monoisotopic (exact) mass is 1050 g/mol. The second kappa shape index (κ2) is 63.6. The minimum Gasteiger partial charge on any atom is -0.462 e. The van der Waals surface area contributed by atoms with Crippen LogP contribution in [0.2, 0.25) is 0 Å². The Bertz CT molecular complexity index is 1340. The zero-order chi connectivity index (χ0) is 54.3. The van der Waals surface area contributed by atoms with Gasteiger partial charge in [0.05, 0.1) is 0 Å². The minimum absolute atomic E-state index is 0.0706. The van der Waals surface area contributed by atoms with Crippen LogP contribution in [0.1, 0.15) is 342 Å². The van der Waals surface area contributed by atoms with E-state index in [1.807, 2.05) is 0 Å². The molecule has 0 saturated carbocycles. The van der Waals surface area contributed by atoms with Crippen molar-refractivity contribution in [1.29, 1.82) is 0 Å². The summed E-state index contributed by atoms with van der Waals surface area (Å²) in [6, 6.07) is 0. The Morgan fingerprint density at radius 3 is 0.880 bits per heavy atom. The lowest BCUT2D eigenvalue weighted by Crippen LogP contribution is -2.30. The lowest BCUT2D eigenvalue weighted by atomic mass is 10.0. The maximum Gasteiger partial charge on any atom is 0.306 e. The highest BCUT2D eigenvalue weighted by Crippen LogP contribution is 2.18. The summed E-state index contributed by atoms with van der Waals surface area (Å²) >= 11 is 0. The molecular weight excluding hydrogens is 925 g/mol. The number of esters is 3. The Kier molecular flexibility index (Phi) is 61.2. The molecule has 0 aromatic heterocycles. The van der Waals surface area contributed by atoms with Crippen LogP contribution in [0.25, 0.3) is 0 Å². The van der Waals surface area contributed by atoms with E-state index < -0.39 is 6.10 Å². The second-order valence-electron chi connectivity index (χ2n) is 22.0. The maximum atomic E-state index is 12.8. The SMILES string of the molecule is CC/C=C\C/C=C\C/C=C\C/C=C\CCCCCCCCCCCCCCCCCCCCCCCCC(=O)OCC(COC(=O)CCCCCCC/C=C\CCC)OC(=O)CCCCCCCCCCCCCC. The van der Waals surface area contributed by atoms with Crippen molar-refractivity contribution in [3.8, 4) is 0 Å². The van der Waals surface area contributed by atoms with E-state index in [2.05, 4.69) is 81.5 Å². The number of rotatable bonds is 60. The summed E-state index contributed by atoms with van der Waals surface area (Å²) in [6.07, 6.45) is 81.3. The molecule has 1 unspecified atom stereocenters. The summed E-state index contributed by atoms with van der Waals surface area (Å²) in [5, 5.41) is 0. The van der Waals surface area contributed by atoms with Crippen molar-refractivity contribution in [2.75, 3.05) is 13.2 Å². The first-order chi connectivity index (χ1) is 37.0. The molecule has 0 radical (unpaired) electrons. The molecule has 0 aromatic carbocycles. The van der Waals surface area contributed by atoms with E-state index in [0.717, 1.165) is 96.3 Å². The van der Waals surface area contributed by atoms with Crippen molar-refractivity contribution >= 4 is 17.9 Å².